The lowest BCUT2D eigenvalue weighted by Gasteiger charge is -2.29. The summed E-state index contributed by atoms with van der Waals surface area (Å²) < 4.78 is 10.4. The summed E-state index contributed by atoms with van der Waals surface area (Å²) in [5.74, 6) is 1.50. The Kier molecular flexibility index (Phi) is 7.89. The van der Waals surface area contributed by atoms with Gasteiger partial charge in [0.1, 0.15) is 25.2 Å². The fourth-order valence-corrected chi connectivity index (χ4v) is 5.93. The topological polar surface area (TPSA) is 129 Å². The summed E-state index contributed by atoms with van der Waals surface area (Å²) in [5.41, 5.74) is 6.80. The Morgan fingerprint density at radius 2 is 1.86 bits per heavy atom. The predicted molar refractivity (Wildman–Crippen MR) is 169 cm³/mol. The molecule has 11 heteroatoms. The highest BCUT2D eigenvalue weighted by molar-refractivity contribution is 5.85. The van der Waals surface area contributed by atoms with Crippen LogP contribution in [0.25, 0.3) is 33.4 Å². The molecule has 0 bridgehead atoms. The second-order valence-corrected chi connectivity index (χ2v) is 10.9. The molecule has 3 aromatic heterocycles. The summed E-state index contributed by atoms with van der Waals surface area (Å²) >= 11 is 0. The maximum absolute atomic E-state index is 13.9. The third-order valence-corrected chi connectivity index (χ3v) is 8.14. The minimum Gasteiger partial charge on any atom is -0.365 e. The van der Waals surface area contributed by atoms with Crippen molar-refractivity contribution >= 4 is 28.4 Å². The van der Waals surface area contributed by atoms with E-state index in [-0.39, 0.29) is 25.5 Å². The minimum absolute atomic E-state index is 0.0266. The number of methoxy groups -OCH3 is 1. The third-order valence-electron chi connectivity index (χ3n) is 8.14. The molecule has 2 atom stereocenters. The molecule has 1 fully saturated rings. The molecule has 1 unspecified atom stereocenters. The Morgan fingerprint density at radius 1 is 1.02 bits per heavy atom. The number of aromatic nitrogens is 4. The van der Waals surface area contributed by atoms with Crippen molar-refractivity contribution in [2.75, 3.05) is 44.5 Å². The fourth-order valence-electron chi connectivity index (χ4n) is 5.93. The van der Waals surface area contributed by atoms with Gasteiger partial charge in [0.25, 0.3) is 0 Å². The van der Waals surface area contributed by atoms with Gasteiger partial charge in [0, 0.05) is 42.7 Å². The van der Waals surface area contributed by atoms with Gasteiger partial charge in [0.15, 0.2) is 11.6 Å². The molecule has 0 aliphatic carbocycles. The summed E-state index contributed by atoms with van der Waals surface area (Å²) in [6.07, 6.45) is 5.42. The molecule has 0 radical (unpaired) electrons. The van der Waals surface area contributed by atoms with Crippen molar-refractivity contribution < 1.29 is 14.3 Å². The van der Waals surface area contributed by atoms with Gasteiger partial charge < -0.3 is 30.0 Å². The standard InChI is InChI=1S/C33H34N8O3/c1-43-20-44-19-38-29(23-6-3-2-4-7-23)33(42)41-13-5-8-28(41)32-35-17-25-15-26(39-30(25)40-32)22-11-9-21(10-12-22)24-14-27-31(34-16-24)37-18-36-27/h2-4,6-7,9-12,14-17,28-29,36,38H,5,8,13,18-20H2,1H3,(H,34,37)(H,35,39,40)/t28?,29-/m1/s1. The number of nitrogens with one attached hydrogen (secondary N) is 4. The number of ether oxygens (including phenoxy) is 2. The van der Waals surface area contributed by atoms with Gasteiger partial charge in [-0.15, -0.1) is 0 Å². The average molecular weight is 591 g/mol. The number of hydrogen-bond acceptors (Lipinski definition) is 9. The third kappa shape index (κ3) is 5.60. The monoisotopic (exact) mass is 590 g/mol. The van der Waals surface area contributed by atoms with Crippen LogP contribution in [0.15, 0.2) is 79.1 Å². The summed E-state index contributed by atoms with van der Waals surface area (Å²) in [7, 11) is 1.57. The van der Waals surface area contributed by atoms with Crippen molar-refractivity contribution in [1.82, 2.24) is 30.2 Å². The number of carbonyl (C=O) groups is 1. The predicted octanol–water partition coefficient (Wildman–Crippen LogP) is 5.05. The van der Waals surface area contributed by atoms with Crippen LogP contribution in [0.1, 0.15) is 36.3 Å². The van der Waals surface area contributed by atoms with Crippen molar-refractivity contribution in [3.05, 3.63) is 90.5 Å². The van der Waals surface area contributed by atoms with Crippen LogP contribution >= 0.6 is 0 Å². The molecule has 224 valence electrons. The Hall–Kier alpha value is -4.84. The van der Waals surface area contributed by atoms with Crippen LogP contribution in [0.4, 0.5) is 11.5 Å². The zero-order valence-electron chi connectivity index (χ0n) is 24.4. The molecule has 2 aliphatic heterocycles. The molecule has 1 saturated heterocycles. The lowest BCUT2D eigenvalue weighted by molar-refractivity contribution is -0.136. The number of pyridine rings is 1. The summed E-state index contributed by atoms with van der Waals surface area (Å²) in [4.78, 5) is 33.5. The van der Waals surface area contributed by atoms with E-state index in [0.717, 1.165) is 63.3 Å². The van der Waals surface area contributed by atoms with Crippen molar-refractivity contribution in [2.24, 2.45) is 0 Å². The highest BCUT2D eigenvalue weighted by Gasteiger charge is 2.36. The summed E-state index contributed by atoms with van der Waals surface area (Å²) in [5, 5.41) is 10.7. The van der Waals surface area contributed by atoms with Gasteiger partial charge in [-0.2, -0.15) is 0 Å². The number of nitrogens with zero attached hydrogens (tertiary/aromatic N) is 4. The van der Waals surface area contributed by atoms with E-state index in [9.17, 15) is 4.79 Å². The Bertz CT molecular complexity index is 1760. The molecule has 4 N–H and O–H groups in total. The van der Waals surface area contributed by atoms with E-state index in [1.54, 1.807) is 7.11 Å². The van der Waals surface area contributed by atoms with Gasteiger partial charge in [-0.05, 0) is 41.7 Å². The van der Waals surface area contributed by atoms with Crippen molar-refractivity contribution in [2.45, 2.75) is 24.9 Å². The molecule has 5 aromatic rings. The number of likely N-dealkylation sites (tertiary alicyclic amines) is 1. The first-order valence-electron chi connectivity index (χ1n) is 14.8. The molecule has 0 saturated carbocycles. The van der Waals surface area contributed by atoms with Crippen LogP contribution in [0, 0.1) is 0 Å². The number of rotatable bonds is 10. The van der Waals surface area contributed by atoms with Gasteiger partial charge >= 0.3 is 0 Å². The first-order chi connectivity index (χ1) is 21.7. The van der Waals surface area contributed by atoms with Crippen LogP contribution in [-0.2, 0) is 14.3 Å². The van der Waals surface area contributed by atoms with Crippen LogP contribution in [-0.4, -0.2) is 64.6 Å². The van der Waals surface area contributed by atoms with E-state index in [2.05, 4.69) is 62.3 Å². The SMILES string of the molecule is COCOCN[C@@H](C(=O)N1CCCC1c1ncc2cc(-c3ccc(-c4cnc5c(c4)NCN5)cc3)[nH]c2n1)c1ccccc1. The van der Waals surface area contributed by atoms with E-state index >= 15 is 0 Å². The van der Waals surface area contributed by atoms with Crippen LogP contribution in [0.2, 0.25) is 0 Å². The maximum Gasteiger partial charge on any atom is 0.244 e. The highest BCUT2D eigenvalue weighted by Crippen LogP contribution is 2.34. The van der Waals surface area contributed by atoms with Crippen molar-refractivity contribution in [3.63, 3.8) is 0 Å². The zero-order chi connectivity index (χ0) is 29.9. The molecule has 0 spiro atoms. The lowest BCUT2D eigenvalue weighted by Crippen LogP contribution is -2.41. The summed E-state index contributed by atoms with van der Waals surface area (Å²) in [6, 6.07) is 21.5. The number of benzene rings is 2. The number of carbonyl (C=O) groups excluding carboxylic acids is 1. The first kappa shape index (κ1) is 28.0. The number of H-pyrrole nitrogens is 1. The zero-order valence-corrected chi connectivity index (χ0v) is 24.4. The molecular weight excluding hydrogens is 556 g/mol. The lowest BCUT2D eigenvalue weighted by atomic mass is 10.0. The van der Waals surface area contributed by atoms with Gasteiger partial charge in [-0.1, -0.05) is 54.6 Å². The van der Waals surface area contributed by atoms with E-state index in [1.807, 2.05) is 47.6 Å². The van der Waals surface area contributed by atoms with Gasteiger partial charge in [-0.3, -0.25) is 10.1 Å². The van der Waals surface area contributed by atoms with Crippen LogP contribution in [0.5, 0.6) is 0 Å². The van der Waals surface area contributed by atoms with Gasteiger partial charge in [0.05, 0.1) is 18.4 Å². The van der Waals surface area contributed by atoms with Gasteiger partial charge in [-0.25, -0.2) is 15.0 Å². The number of amides is 1. The van der Waals surface area contributed by atoms with Gasteiger partial charge in [0.2, 0.25) is 5.91 Å². The Morgan fingerprint density at radius 3 is 2.70 bits per heavy atom. The summed E-state index contributed by atoms with van der Waals surface area (Å²) in [6.45, 7) is 1.67. The molecule has 44 heavy (non-hydrogen) atoms. The smallest absolute Gasteiger partial charge is 0.244 e. The normalized spacial score (nSPS) is 16.5. The van der Waals surface area contributed by atoms with E-state index in [4.69, 9.17) is 19.4 Å². The molecule has 2 aliphatic rings. The van der Waals surface area contributed by atoms with Crippen molar-refractivity contribution in [3.8, 4) is 22.4 Å². The first-order valence-corrected chi connectivity index (χ1v) is 14.8. The largest absolute Gasteiger partial charge is 0.365 e. The maximum atomic E-state index is 13.9. The number of fused-ring (bicyclic) bond motifs is 2. The molecule has 2 aromatic carbocycles. The molecule has 11 nitrogen and oxygen atoms in total. The fraction of sp³-hybridized carbons (Fsp3) is 0.273. The van der Waals surface area contributed by atoms with Crippen LogP contribution < -0.4 is 16.0 Å². The number of anilines is 2. The highest BCUT2D eigenvalue weighted by atomic mass is 16.7. The second-order valence-electron chi connectivity index (χ2n) is 10.9. The van der Waals surface area contributed by atoms with E-state index in [0.29, 0.717) is 19.0 Å². The molecule has 7 rings (SSSR count). The van der Waals surface area contributed by atoms with E-state index in [1.165, 1.54) is 0 Å². The minimum atomic E-state index is -0.557. The van der Waals surface area contributed by atoms with Crippen LogP contribution in [0.3, 0.4) is 0 Å². The molecule has 5 heterocycles. The van der Waals surface area contributed by atoms with Crippen molar-refractivity contribution in [1.29, 1.82) is 0 Å². The second kappa shape index (κ2) is 12.4. The number of aromatic amines is 1. The number of hydrogen-bond donors (Lipinski definition) is 4. The Balaban J connectivity index is 1.10. The Labute approximate surface area is 255 Å². The average Bonchev–Trinajstić information content (AvgIpc) is 3.84. The van der Waals surface area contributed by atoms with E-state index < -0.39 is 6.04 Å². The molecular formula is C33H34N8O3. The molecule has 1 amide bonds. The quantitative estimate of drug-likeness (QED) is 0.130.